The van der Waals surface area contributed by atoms with Crippen LogP contribution in [0.3, 0.4) is 0 Å². The number of carbonyl (C=O) groups excluding carboxylic acids is 1. The maximum absolute atomic E-state index is 13.3. The van der Waals surface area contributed by atoms with Crippen molar-refractivity contribution in [1.29, 1.82) is 0 Å². The van der Waals surface area contributed by atoms with E-state index in [2.05, 4.69) is 29.8 Å². The van der Waals surface area contributed by atoms with E-state index in [0.29, 0.717) is 12.1 Å². The summed E-state index contributed by atoms with van der Waals surface area (Å²) < 4.78 is 13.3. The summed E-state index contributed by atoms with van der Waals surface area (Å²) in [5, 5.41) is 0.726. The van der Waals surface area contributed by atoms with Gasteiger partial charge in [0, 0.05) is 23.5 Å². The molecule has 0 fully saturated rings. The van der Waals surface area contributed by atoms with Gasteiger partial charge < -0.3 is 4.90 Å². The van der Waals surface area contributed by atoms with Gasteiger partial charge in [0.15, 0.2) is 0 Å². The van der Waals surface area contributed by atoms with Crippen molar-refractivity contribution in [3.63, 3.8) is 0 Å². The maximum atomic E-state index is 13.3. The molecule has 0 aliphatic carbocycles. The molecule has 0 atom stereocenters. The van der Waals surface area contributed by atoms with Crippen molar-refractivity contribution in [3.05, 3.63) is 35.1 Å². The number of hydrogen-bond donors (Lipinski definition) is 0. The van der Waals surface area contributed by atoms with Gasteiger partial charge in [-0.1, -0.05) is 35.8 Å². The molecule has 1 aromatic carbocycles. The van der Waals surface area contributed by atoms with Crippen molar-refractivity contribution in [1.82, 2.24) is 4.90 Å². The highest BCUT2D eigenvalue weighted by molar-refractivity contribution is 9.09. The molecule has 0 N–H and O–H groups in total. The van der Waals surface area contributed by atoms with Crippen molar-refractivity contribution in [2.24, 2.45) is 0 Å². The first-order chi connectivity index (χ1) is 9.04. The lowest BCUT2D eigenvalue weighted by Crippen LogP contribution is -2.41. The summed E-state index contributed by atoms with van der Waals surface area (Å²) in [5.74, 6) is -0.442. The highest BCUT2D eigenvalue weighted by Crippen LogP contribution is 2.17. The Morgan fingerprint density at radius 1 is 1.37 bits per heavy atom. The summed E-state index contributed by atoms with van der Waals surface area (Å²) in [7, 11) is 0. The molecule has 0 heterocycles. The first-order valence-corrected chi connectivity index (χ1v) is 7.80. The minimum absolute atomic E-state index is 0.0786. The van der Waals surface area contributed by atoms with E-state index in [0.717, 1.165) is 23.7 Å². The minimum atomic E-state index is -0.364. The summed E-state index contributed by atoms with van der Waals surface area (Å²) in [4.78, 5) is 14.4. The van der Waals surface area contributed by atoms with E-state index in [9.17, 15) is 9.18 Å². The van der Waals surface area contributed by atoms with Crippen LogP contribution in [-0.2, 0) is 0 Å². The van der Waals surface area contributed by atoms with E-state index in [1.165, 1.54) is 12.1 Å². The lowest BCUT2D eigenvalue weighted by molar-refractivity contribution is 0.0681. The Labute approximate surface area is 123 Å². The number of alkyl halides is 1. The van der Waals surface area contributed by atoms with Crippen molar-refractivity contribution in [2.45, 2.75) is 39.7 Å². The van der Waals surface area contributed by atoms with Crippen molar-refractivity contribution < 1.29 is 9.18 Å². The normalized spacial score (nSPS) is 10.8. The van der Waals surface area contributed by atoms with Gasteiger partial charge in [-0.2, -0.15) is 0 Å². The number of benzene rings is 1. The number of rotatable bonds is 6. The zero-order chi connectivity index (χ0) is 14.4. The molecule has 0 saturated carbocycles. The molecule has 0 aromatic heterocycles. The molecule has 0 unspecified atom stereocenters. The van der Waals surface area contributed by atoms with Crippen LogP contribution in [0, 0.1) is 12.7 Å². The largest absolute Gasteiger partial charge is 0.335 e. The first kappa shape index (κ1) is 16.2. The molecular formula is C15H21BrFNO. The van der Waals surface area contributed by atoms with Crippen LogP contribution < -0.4 is 0 Å². The molecule has 0 spiro atoms. The average Bonchev–Trinajstić information content (AvgIpc) is 2.41. The lowest BCUT2D eigenvalue weighted by atomic mass is 10.0. The van der Waals surface area contributed by atoms with Gasteiger partial charge in [0.05, 0.1) is 0 Å². The molecule has 0 bridgehead atoms. The van der Waals surface area contributed by atoms with Crippen LogP contribution in [0.4, 0.5) is 4.39 Å². The standard InChI is InChI=1S/C15H21BrFNO/c1-4-13(5-2)18(9-8-16)15(19)14-10-12(17)7-6-11(14)3/h6-7,10,13H,4-5,8-9H2,1-3H3. The number of amides is 1. The molecule has 2 nitrogen and oxygen atoms in total. The molecule has 1 aromatic rings. The number of aryl methyl sites for hydroxylation is 1. The SMILES string of the molecule is CCC(CC)N(CCBr)C(=O)c1cc(F)ccc1C. The molecule has 1 amide bonds. The Balaban J connectivity index is 3.08. The second kappa shape index (κ2) is 7.63. The van der Waals surface area contributed by atoms with Crippen molar-refractivity contribution in [2.75, 3.05) is 11.9 Å². The van der Waals surface area contributed by atoms with Crippen molar-refractivity contribution in [3.8, 4) is 0 Å². The van der Waals surface area contributed by atoms with Gasteiger partial charge in [-0.25, -0.2) is 4.39 Å². The quantitative estimate of drug-likeness (QED) is 0.717. The van der Waals surface area contributed by atoms with E-state index < -0.39 is 0 Å². The third-order valence-corrected chi connectivity index (χ3v) is 3.75. The first-order valence-electron chi connectivity index (χ1n) is 6.68. The average molecular weight is 330 g/mol. The predicted molar refractivity (Wildman–Crippen MR) is 80.3 cm³/mol. The zero-order valence-electron chi connectivity index (χ0n) is 11.7. The van der Waals surface area contributed by atoms with Crippen LogP contribution in [0.25, 0.3) is 0 Å². The Morgan fingerprint density at radius 3 is 2.53 bits per heavy atom. The van der Waals surface area contributed by atoms with Gasteiger partial charge >= 0.3 is 0 Å². The van der Waals surface area contributed by atoms with Gasteiger partial charge in [-0.05, 0) is 37.5 Å². The van der Waals surface area contributed by atoms with E-state index in [4.69, 9.17) is 0 Å². The molecule has 0 aliphatic heterocycles. The van der Waals surface area contributed by atoms with Crippen LogP contribution in [0.15, 0.2) is 18.2 Å². The van der Waals surface area contributed by atoms with Gasteiger partial charge in [-0.3, -0.25) is 4.79 Å². The third-order valence-electron chi connectivity index (χ3n) is 3.40. The second-order valence-corrected chi connectivity index (χ2v) is 5.41. The lowest BCUT2D eigenvalue weighted by Gasteiger charge is -2.30. The molecule has 0 aliphatic rings. The fraction of sp³-hybridized carbons (Fsp3) is 0.533. The predicted octanol–water partition coefficient (Wildman–Crippen LogP) is 4.16. The van der Waals surface area contributed by atoms with Crippen LogP contribution >= 0.6 is 15.9 Å². The summed E-state index contributed by atoms with van der Waals surface area (Å²) in [6.45, 7) is 6.62. The molecule has 4 heteroatoms. The van der Waals surface area contributed by atoms with Gasteiger partial charge in [0.2, 0.25) is 0 Å². The molecular weight excluding hydrogens is 309 g/mol. The zero-order valence-corrected chi connectivity index (χ0v) is 13.3. The van der Waals surface area contributed by atoms with Gasteiger partial charge in [0.1, 0.15) is 5.82 Å². The second-order valence-electron chi connectivity index (χ2n) is 4.62. The summed E-state index contributed by atoms with van der Waals surface area (Å²) in [6.07, 6.45) is 1.81. The van der Waals surface area contributed by atoms with Gasteiger partial charge in [0.25, 0.3) is 5.91 Å². The van der Waals surface area contributed by atoms with E-state index >= 15 is 0 Å². The Bertz CT molecular complexity index is 432. The van der Waals surface area contributed by atoms with Crippen LogP contribution in [0.1, 0.15) is 42.6 Å². The third kappa shape index (κ3) is 4.03. The Morgan fingerprint density at radius 2 is 2.00 bits per heavy atom. The fourth-order valence-corrected chi connectivity index (χ4v) is 2.63. The van der Waals surface area contributed by atoms with E-state index in [1.54, 1.807) is 6.07 Å². The minimum Gasteiger partial charge on any atom is -0.335 e. The molecule has 0 saturated heterocycles. The van der Waals surface area contributed by atoms with Crippen LogP contribution in [-0.4, -0.2) is 28.7 Å². The molecule has 19 heavy (non-hydrogen) atoms. The number of halogens is 2. The van der Waals surface area contributed by atoms with E-state index in [1.807, 2.05) is 11.8 Å². The molecule has 1 rings (SSSR count). The highest BCUT2D eigenvalue weighted by Gasteiger charge is 2.23. The Kier molecular flexibility index (Phi) is 6.49. The Hall–Kier alpha value is -0.900. The number of carbonyl (C=O) groups is 1. The monoisotopic (exact) mass is 329 g/mol. The fourth-order valence-electron chi connectivity index (χ4n) is 2.25. The van der Waals surface area contributed by atoms with Crippen LogP contribution in [0.5, 0.6) is 0 Å². The van der Waals surface area contributed by atoms with Gasteiger partial charge in [-0.15, -0.1) is 0 Å². The molecule has 106 valence electrons. The van der Waals surface area contributed by atoms with Crippen molar-refractivity contribution >= 4 is 21.8 Å². The number of nitrogens with zero attached hydrogens (tertiary/aromatic N) is 1. The molecule has 0 radical (unpaired) electrons. The summed E-state index contributed by atoms with van der Waals surface area (Å²) in [6, 6.07) is 4.58. The summed E-state index contributed by atoms with van der Waals surface area (Å²) >= 11 is 3.38. The maximum Gasteiger partial charge on any atom is 0.254 e. The smallest absolute Gasteiger partial charge is 0.254 e. The topological polar surface area (TPSA) is 20.3 Å². The number of hydrogen-bond acceptors (Lipinski definition) is 1. The summed E-state index contributed by atoms with van der Waals surface area (Å²) in [5.41, 5.74) is 1.28. The van der Waals surface area contributed by atoms with Crippen LogP contribution in [0.2, 0.25) is 0 Å². The van der Waals surface area contributed by atoms with E-state index in [-0.39, 0.29) is 17.8 Å². The highest BCUT2D eigenvalue weighted by atomic mass is 79.9.